The molecule has 3 aromatic rings. The fraction of sp³-hybridized carbons (Fsp3) is 0.333. The lowest BCUT2D eigenvalue weighted by atomic mass is 9.96. The molecule has 1 heterocycles. The van der Waals surface area contributed by atoms with Crippen LogP contribution >= 0.6 is 11.3 Å². The minimum absolute atomic E-state index is 0.0497. The number of thiazole rings is 1. The minimum atomic E-state index is -3.58. The van der Waals surface area contributed by atoms with Gasteiger partial charge in [-0.05, 0) is 42.7 Å². The molecule has 32 heavy (non-hydrogen) atoms. The molecular weight excluding hydrogens is 442 g/mol. The van der Waals surface area contributed by atoms with Gasteiger partial charge in [-0.15, -0.1) is 11.3 Å². The molecule has 5 rings (SSSR count). The van der Waals surface area contributed by atoms with E-state index in [9.17, 15) is 13.2 Å². The number of fused-ring (bicyclic) bond motifs is 3. The van der Waals surface area contributed by atoms with E-state index in [1.54, 1.807) is 19.2 Å². The zero-order chi connectivity index (χ0) is 22.3. The van der Waals surface area contributed by atoms with Gasteiger partial charge in [-0.25, -0.2) is 13.4 Å². The maximum atomic E-state index is 13.0. The number of amides is 1. The normalized spacial score (nSPS) is 16.1. The Kier molecular flexibility index (Phi) is 5.61. The van der Waals surface area contributed by atoms with Crippen LogP contribution in [0.15, 0.2) is 53.4 Å². The summed E-state index contributed by atoms with van der Waals surface area (Å²) in [6, 6.07) is 14.4. The fourth-order valence-electron chi connectivity index (χ4n) is 4.57. The van der Waals surface area contributed by atoms with Gasteiger partial charge in [-0.3, -0.25) is 10.1 Å². The molecule has 0 bridgehead atoms. The second-order valence-corrected chi connectivity index (χ2v) is 11.5. The molecule has 6 nitrogen and oxygen atoms in total. The lowest BCUT2D eigenvalue weighted by molar-refractivity contribution is 0.102. The number of anilines is 1. The highest BCUT2D eigenvalue weighted by Crippen LogP contribution is 2.40. The summed E-state index contributed by atoms with van der Waals surface area (Å²) in [4.78, 5) is 18.7. The first-order valence-electron chi connectivity index (χ1n) is 10.9. The Morgan fingerprint density at radius 2 is 1.78 bits per heavy atom. The number of rotatable bonds is 5. The maximum absolute atomic E-state index is 13.0. The van der Waals surface area contributed by atoms with Crippen LogP contribution in [0.1, 0.15) is 52.9 Å². The summed E-state index contributed by atoms with van der Waals surface area (Å²) in [5.74, 6) is -0.296. The Bertz CT molecular complexity index is 1260. The molecule has 2 aliphatic carbocycles. The van der Waals surface area contributed by atoms with Gasteiger partial charge in [-0.1, -0.05) is 43.5 Å². The molecule has 1 aromatic heterocycles. The largest absolute Gasteiger partial charge is 0.298 e. The van der Waals surface area contributed by atoms with Crippen molar-refractivity contribution in [3.8, 4) is 11.3 Å². The van der Waals surface area contributed by atoms with Crippen LogP contribution in [0.2, 0.25) is 0 Å². The van der Waals surface area contributed by atoms with E-state index in [1.165, 1.54) is 39.8 Å². The third kappa shape index (κ3) is 3.87. The predicted molar refractivity (Wildman–Crippen MR) is 127 cm³/mol. The number of aromatic nitrogens is 1. The van der Waals surface area contributed by atoms with Crippen molar-refractivity contribution in [2.24, 2.45) is 0 Å². The van der Waals surface area contributed by atoms with E-state index < -0.39 is 10.0 Å². The minimum Gasteiger partial charge on any atom is -0.298 e. The van der Waals surface area contributed by atoms with Gasteiger partial charge in [0.1, 0.15) is 0 Å². The molecule has 0 atom stereocenters. The topological polar surface area (TPSA) is 79.4 Å². The Labute approximate surface area is 192 Å². The van der Waals surface area contributed by atoms with Crippen LogP contribution in [0.5, 0.6) is 0 Å². The Morgan fingerprint density at radius 3 is 2.53 bits per heavy atom. The molecule has 0 saturated heterocycles. The van der Waals surface area contributed by atoms with Gasteiger partial charge in [0.2, 0.25) is 10.0 Å². The van der Waals surface area contributed by atoms with Crippen LogP contribution in [-0.4, -0.2) is 36.7 Å². The average Bonchev–Trinajstić information content (AvgIpc) is 3.36. The zero-order valence-electron chi connectivity index (χ0n) is 17.9. The van der Waals surface area contributed by atoms with Crippen LogP contribution in [0.25, 0.3) is 11.3 Å². The van der Waals surface area contributed by atoms with Crippen molar-refractivity contribution in [2.75, 3.05) is 12.4 Å². The molecule has 1 N–H and O–H groups in total. The summed E-state index contributed by atoms with van der Waals surface area (Å²) in [5.41, 5.74) is 3.72. The van der Waals surface area contributed by atoms with Gasteiger partial charge in [0.05, 0.1) is 10.6 Å². The molecule has 0 aliphatic heterocycles. The second kappa shape index (κ2) is 8.42. The number of hydrogen-bond acceptors (Lipinski definition) is 5. The van der Waals surface area contributed by atoms with Gasteiger partial charge in [0, 0.05) is 35.5 Å². The summed E-state index contributed by atoms with van der Waals surface area (Å²) in [5, 5.41) is 3.42. The van der Waals surface area contributed by atoms with Crippen molar-refractivity contribution < 1.29 is 13.2 Å². The first-order valence-corrected chi connectivity index (χ1v) is 13.2. The lowest BCUT2D eigenvalue weighted by Crippen LogP contribution is -2.38. The molecule has 0 unspecified atom stereocenters. The number of carbonyl (C=O) groups excluding carboxylic acids is 1. The maximum Gasteiger partial charge on any atom is 0.257 e. The van der Waals surface area contributed by atoms with E-state index in [0.29, 0.717) is 10.7 Å². The van der Waals surface area contributed by atoms with Gasteiger partial charge >= 0.3 is 0 Å². The van der Waals surface area contributed by atoms with Crippen LogP contribution in [0.4, 0.5) is 5.13 Å². The van der Waals surface area contributed by atoms with Crippen LogP contribution in [0, 0.1) is 0 Å². The molecule has 1 amide bonds. The number of nitrogens with zero attached hydrogens (tertiary/aromatic N) is 2. The number of hydrogen-bond donors (Lipinski definition) is 1. The molecule has 0 spiro atoms. The third-order valence-electron chi connectivity index (χ3n) is 6.42. The Hall–Kier alpha value is -2.55. The van der Waals surface area contributed by atoms with E-state index in [1.807, 2.05) is 12.1 Å². The van der Waals surface area contributed by atoms with Crippen molar-refractivity contribution in [3.63, 3.8) is 0 Å². The highest BCUT2D eigenvalue weighted by Gasteiger charge is 2.29. The van der Waals surface area contributed by atoms with Crippen LogP contribution < -0.4 is 5.32 Å². The molecular formula is C24H25N3O3S2. The van der Waals surface area contributed by atoms with Gasteiger partial charge in [0.25, 0.3) is 5.91 Å². The van der Waals surface area contributed by atoms with Crippen molar-refractivity contribution in [3.05, 3.63) is 64.5 Å². The van der Waals surface area contributed by atoms with E-state index in [4.69, 9.17) is 0 Å². The summed E-state index contributed by atoms with van der Waals surface area (Å²) >= 11 is 1.48. The lowest BCUT2D eigenvalue weighted by Gasteiger charge is -2.30. The number of benzene rings is 2. The van der Waals surface area contributed by atoms with Crippen molar-refractivity contribution in [2.45, 2.75) is 49.5 Å². The zero-order valence-corrected chi connectivity index (χ0v) is 19.5. The van der Waals surface area contributed by atoms with E-state index in [2.05, 4.69) is 22.4 Å². The van der Waals surface area contributed by atoms with Crippen molar-refractivity contribution >= 4 is 32.4 Å². The number of carbonyl (C=O) groups is 1. The van der Waals surface area contributed by atoms with E-state index in [-0.39, 0.29) is 16.8 Å². The summed E-state index contributed by atoms with van der Waals surface area (Å²) < 4.78 is 27.5. The van der Waals surface area contributed by atoms with Crippen molar-refractivity contribution in [1.29, 1.82) is 0 Å². The third-order valence-corrected chi connectivity index (χ3v) is 9.32. The van der Waals surface area contributed by atoms with E-state index in [0.717, 1.165) is 48.2 Å². The molecule has 1 fully saturated rings. The first-order chi connectivity index (χ1) is 15.4. The van der Waals surface area contributed by atoms with Gasteiger partial charge in [0.15, 0.2) is 5.13 Å². The monoisotopic (exact) mass is 467 g/mol. The molecule has 8 heteroatoms. The molecule has 2 aliphatic rings. The highest BCUT2D eigenvalue weighted by atomic mass is 32.2. The molecule has 2 aromatic carbocycles. The number of nitrogens with one attached hydrogen (secondary N) is 1. The van der Waals surface area contributed by atoms with Gasteiger partial charge in [-0.2, -0.15) is 4.31 Å². The summed E-state index contributed by atoms with van der Waals surface area (Å²) in [6.07, 6.45) is 5.94. The summed E-state index contributed by atoms with van der Waals surface area (Å²) in [7, 11) is -1.92. The fourth-order valence-corrected chi connectivity index (χ4v) is 6.98. The SMILES string of the molecule is CN(C1CCCCC1)S(=O)(=O)c1ccc(C(=O)Nc2nc3c(s2)Cc2ccccc2-3)cc1. The summed E-state index contributed by atoms with van der Waals surface area (Å²) in [6.45, 7) is 0. The second-order valence-electron chi connectivity index (χ2n) is 8.42. The molecule has 166 valence electrons. The standard InChI is InChI=1S/C24H25N3O3S2/c1-27(18-8-3-2-4-9-18)32(29,30)19-13-11-16(12-14-19)23(28)26-24-25-22-20-10-6-5-7-17(20)15-21(22)31-24/h5-7,10-14,18H,2-4,8-9,15H2,1H3,(H,25,26,28). The highest BCUT2D eigenvalue weighted by molar-refractivity contribution is 7.89. The average molecular weight is 468 g/mol. The number of sulfonamides is 1. The molecule has 1 saturated carbocycles. The first kappa shape index (κ1) is 21.3. The van der Waals surface area contributed by atoms with Crippen LogP contribution in [-0.2, 0) is 16.4 Å². The quantitative estimate of drug-likeness (QED) is 0.452. The van der Waals surface area contributed by atoms with E-state index >= 15 is 0 Å². The van der Waals surface area contributed by atoms with Crippen molar-refractivity contribution in [1.82, 2.24) is 9.29 Å². The van der Waals surface area contributed by atoms with Gasteiger partial charge < -0.3 is 0 Å². The Morgan fingerprint density at radius 1 is 1.06 bits per heavy atom. The molecule has 0 radical (unpaired) electrons. The van der Waals surface area contributed by atoms with Crippen LogP contribution in [0.3, 0.4) is 0 Å². The smallest absolute Gasteiger partial charge is 0.257 e. The predicted octanol–water partition coefficient (Wildman–Crippen LogP) is 4.92. The Balaban J connectivity index is 1.29.